The number of rotatable bonds is 6. The van der Waals surface area contributed by atoms with Gasteiger partial charge in [0.25, 0.3) is 5.91 Å². The zero-order chi connectivity index (χ0) is 12.8. The molecule has 1 unspecified atom stereocenters. The molecule has 0 aliphatic carbocycles. The van der Waals surface area contributed by atoms with Gasteiger partial charge in [-0.2, -0.15) is 0 Å². The molecule has 96 valence electrons. The maximum Gasteiger partial charge on any atom is 0.275 e. The lowest BCUT2D eigenvalue weighted by Crippen LogP contribution is -2.29. The molecule has 6 nitrogen and oxygen atoms in total. The molecule has 1 atom stereocenters. The molecular formula is C11H18N2O4. The summed E-state index contributed by atoms with van der Waals surface area (Å²) in [4.78, 5) is 13.4. The Morgan fingerprint density at radius 2 is 2.41 bits per heavy atom. The third-order valence-electron chi connectivity index (χ3n) is 2.29. The molecule has 0 aromatic carbocycles. The molecule has 0 saturated carbocycles. The van der Waals surface area contributed by atoms with Crippen molar-refractivity contribution in [1.29, 1.82) is 0 Å². The lowest BCUT2D eigenvalue weighted by Gasteiger charge is -2.16. The third-order valence-corrected chi connectivity index (χ3v) is 2.29. The zero-order valence-electron chi connectivity index (χ0n) is 10.3. The predicted octanol–water partition coefficient (Wildman–Crippen LogP) is 0.664. The van der Waals surface area contributed by atoms with Gasteiger partial charge in [-0.1, -0.05) is 5.16 Å². The number of methoxy groups -OCH3 is 1. The fourth-order valence-corrected chi connectivity index (χ4v) is 1.30. The fourth-order valence-electron chi connectivity index (χ4n) is 1.30. The molecule has 1 N–H and O–H groups in total. The number of hydrogen-bond acceptors (Lipinski definition) is 5. The summed E-state index contributed by atoms with van der Waals surface area (Å²) < 4.78 is 9.80. The van der Waals surface area contributed by atoms with Crippen molar-refractivity contribution in [3.63, 3.8) is 0 Å². The van der Waals surface area contributed by atoms with Crippen molar-refractivity contribution in [3.05, 3.63) is 17.5 Å². The smallest absolute Gasteiger partial charge is 0.275 e. The molecule has 0 radical (unpaired) electrons. The summed E-state index contributed by atoms with van der Waals surface area (Å²) >= 11 is 0. The van der Waals surface area contributed by atoms with Crippen molar-refractivity contribution >= 4 is 5.91 Å². The molecule has 1 aromatic heterocycles. The van der Waals surface area contributed by atoms with E-state index in [2.05, 4.69) is 5.16 Å². The van der Waals surface area contributed by atoms with Crippen LogP contribution >= 0.6 is 0 Å². The Labute approximate surface area is 100 Å². The van der Waals surface area contributed by atoms with Crippen LogP contribution in [0, 0.1) is 0 Å². The summed E-state index contributed by atoms with van der Waals surface area (Å²) in [5.74, 6) is 0.288. The molecule has 0 fully saturated rings. The van der Waals surface area contributed by atoms with Crippen LogP contribution in [-0.2, 0) is 11.3 Å². The maximum atomic E-state index is 11.9. The fraction of sp³-hybridized carbons (Fsp3) is 0.636. The number of aromatic nitrogens is 1. The lowest BCUT2D eigenvalue weighted by molar-refractivity contribution is 0.0758. The molecule has 1 aromatic rings. The van der Waals surface area contributed by atoms with E-state index in [0.717, 1.165) is 0 Å². The normalized spacial score (nSPS) is 12.5. The summed E-state index contributed by atoms with van der Waals surface area (Å²) in [6.45, 7) is 2.45. The standard InChI is InChI=1S/C11H18N2O4/c1-8(14)4-5-13(2)11(15)10-6-9(7-16-3)17-12-10/h6,8,14H,4-5,7H2,1-3H3. The summed E-state index contributed by atoms with van der Waals surface area (Å²) in [5, 5.41) is 12.8. The number of aliphatic hydroxyl groups excluding tert-OH is 1. The number of carbonyl (C=O) groups is 1. The van der Waals surface area contributed by atoms with Crippen LogP contribution < -0.4 is 0 Å². The third kappa shape index (κ3) is 4.16. The molecular weight excluding hydrogens is 224 g/mol. The molecule has 0 aliphatic rings. The molecule has 0 saturated heterocycles. The minimum atomic E-state index is -0.424. The van der Waals surface area contributed by atoms with Gasteiger partial charge in [0, 0.05) is 26.8 Å². The first-order valence-electron chi connectivity index (χ1n) is 5.42. The number of hydrogen-bond donors (Lipinski definition) is 1. The highest BCUT2D eigenvalue weighted by Crippen LogP contribution is 2.07. The van der Waals surface area contributed by atoms with Crippen LogP contribution in [0.4, 0.5) is 0 Å². The molecule has 1 amide bonds. The Kier molecular flexibility index (Phi) is 5.11. The van der Waals surface area contributed by atoms with Gasteiger partial charge in [0.05, 0.1) is 6.10 Å². The summed E-state index contributed by atoms with van der Waals surface area (Å²) in [6, 6.07) is 1.56. The second kappa shape index (κ2) is 6.36. The minimum Gasteiger partial charge on any atom is -0.393 e. The van der Waals surface area contributed by atoms with Gasteiger partial charge in [0.2, 0.25) is 0 Å². The van der Waals surface area contributed by atoms with Gasteiger partial charge in [0.15, 0.2) is 11.5 Å². The Morgan fingerprint density at radius 3 is 3.00 bits per heavy atom. The highest BCUT2D eigenvalue weighted by Gasteiger charge is 2.16. The topological polar surface area (TPSA) is 75.8 Å². The van der Waals surface area contributed by atoms with Crippen LogP contribution in [0.1, 0.15) is 29.6 Å². The summed E-state index contributed by atoms with van der Waals surface area (Å²) in [5.41, 5.74) is 0.255. The van der Waals surface area contributed by atoms with Gasteiger partial charge in [-0.25, -0.2) is 0 Å². The Hall–Kier alpha value is -1.40. The van der Waals surface area contributed by atoms with Crippen molar-refractivity contribution in [2.75, 3.05) is 20.7 Å². The lowest BCUT2D eigenvalue weighted by atomic mass is 10.2. The van der Waals surface area contributed by atoms with E-state index in [-0.39, 0.29) is 18.2 Å². The Balaban J connectivity index is 2.55. The maximum absolute atomic E-state index is 11.9. The van der Waals surface area contributed by atoms with E-state index in [4.69, 9.17) is 14.4 Å². The van der Waals surface area contributed by atoms with Crippen molar-refractivity contribution in [1.82, 2.24) is 10.1 Å². The second-order valence-corrected chi connectivity index (χ2v) is 3.98. The van der Waals surface area contributed by atoms with Gasteiger partial charge < -0.3 is 19.3 Å². The van der Waals surface area contributed by atoms with E-state index in [1.807, 2.05) is 0 Å². The Morgan fingerprint density at radius 1 is 1.71 bits per heavy atom. The van der Waals surface area contributed by atoms with Gasteiger partial charge in [-0.05, 0) is 13.3 Å². The summed E-state index contributed by atoms with van der Waals surface area (Å²) in [7, 11) is 3.20. The van der Waals surface area contributed by atoms with E-state index in [1.165, 1.54) is 4.90 Å². The molecule has 0 aliphatic heterocycles. The molecule has 1 rings (SSSR count). The first-order valence-corrected chi connectivity index (χ1v) is 5.42. The van der Waals surface area contributed by atoms with E-state index in [1.54, 1.807) is 27.1 Å². The molecule has 0 bridgehead atoms. The highest BCUT2D eigenvalue weighted by molar-refractivity contribution is 5.92. The van der Waals surface area contributed by atoms with E-state index in [9.17, 15) is 4.79 Å². The van der Waals surface area contributed by atoms with Crippen LogP contribution in [0.15, 0.2) is 10.6 Å². The highest BCUT2D eigenvalue weighted by atomic mass is 16.5. The first-order chi connectivity index (χ1) is 8.04. The van der Waals surface area contributed by atoms with Crippen molar-refractivity contribution in [2.45, 2.75) is 26.1 Å². The van der Waals surface area contributed by atoms with Crippen LogP contribution in [0.3, 0.4) is 0 Å². The van der Waals surface area contributed by atoms with Gasteiger partial charge in [-0.15, -0.1) is 0 Å². The number of aliphatic hydroxyl groups is 1. The van der Waals surface area contributed by atoms with Crippen LogP contribution in [0.5, 0.6) is 0 Å². The monoisotopic (exact) mass is 242 g/mol. The number of amides is 1. The quantitative estimate of drug-likeness (QED) is 0.793. The summed E-state index contributed by atoms with van der Waals surface area (Å²) in [6.07, 6.45) is 0.108. The molecule has 1 heterocycles. The predicted molar refractivity (Wildman–Crippen MR) is 60.5 cm³/mol. The minimum absolute atomic E-state index is 0.225. The van der Waals surface area contributed by atoms with Crippen LogP contribution in [0.2, 0.25) is 0 Å². The first kappa shape index (κ1) is 13.7. The second-order valence-electron chi connectivity index (χ2n) is 3.98. The van der Waals surface area contributed by atoms with Crippen LogP contribution in [-0.4, -0.2) is 47.9 Å². The number of nitrogens with zero attached hydrogens (tertiary/aromatic N) is 2. The largest absolute Gasteiger partial charge is 0.393 e. The number of carbonyl (C=O) groups excluding carboxylic acids is 1. The Bertz CT molecular complexity index is 362. The molecule has 0 spiro atoms. The molecule has 17 heavy (non-hydrogen) atoms. The number of ether oxygens (including phenoxy) is 1. The van der Waals surface area contributed by atoms with Crippen molar-refractivity contribution in [3.8, 4) is 0 Å². The van der Waals surface area contributed by atoms with Crippen LogP contribution in [0.25, 0.3) is 0 Å². The zero-order valence-corrected chi connectivity index (χ0v) is 10.3. The van der Waals surface area contributed by atoms with Crippen molar-refractivity contribution < 1.29 is 19.2 Å². The van der Waals surface area contributed by atoms with E-state index < -0.39 is 6.10 Å². The molecule has 6 heteroatoms. The average Bonchev–Trinajstić information content (AvgIpc) is 2.74. The van der Waals surface area contributed by atoms with Gasteiger partial charge in [-0.3, -0.25) is 4.79 Å². The van der Waals surface area contributed by atoms with Gasteiger partial charge in [0.1, 0.15) is 6.61 Å². The van der Waals surface area contributed by atoms with Gasteiger partial charge >= 0.3 is 0 Å². The van der Waals surface area contributed by atoms with E-state index >= 15 is 0 Å². The SMILES string of the molecule is COCc1cc(C(=O)N(C)CCC(C)O)no1. The average molecular weight is 242 g/mol. The van der Waals surface area contributed by atoms with Crippen molar-refractivity contribution in [2.24, 2.45) is 0 Å². The van der Waals surface area contributed by atoms with E-state index in [0.29, 0.717) is 18.7 Å².